The zero-order valence-electron chi connectivity index (χ0n) is 12.4. The van der Waals surface area contributed by atoms with Gasteiger partial charge in [0.15, 0.2) is 5.82 Å². The quantitative estimate of drug-likeness (QED) is 0.613. The third-order valence-corrected chi connectivity index (χ3v) is 4.26. The molecule has 1 aromatic heterocycles. The van der Waals surface area contributed by atoms with Gasteiger partial charge >= 0.3 is 0 Å². The van der Waals surface area contributed by atoms with Crippen molar-refractivity contribution in [2.45, 2.75) is 27.2 Å². The third-order valence-electron chi connectivity index (χ3n) is 3.97. The molecule has 0 aliphatic rings. The van der Waals surface area contributed by atoms with E-state index in [4.69, 9.17) is 11.6 Å². The molecule has 0 radical (unpaired) electrons. The molecule has 0 fully saturated rings. The summed E-state index contributed by atoms with van der Waals surface area (Å²) in [6.07, 6.45) is 0.977. The molecule has 0 bridgehead atoms. The predicted octanol–water partition coefficient (Wildman–Crippen LogP) is 5.13. The summed E-state index contributed by atoms with van der Waals surface area (Å²) in [7, 11) is 0. The highest BCUT2D eigenvalue weighted by Gasteiger charge is 2.11. The number of halogens is 1. The lowest BCUT2D eigenvalue weighted by atomic mass is 10.0. The SMILES string of the molecule is CCc1ccc2nc(-c3cccc(C)c3C)nc(Cl)c2c1. The minimum atomic E-state index is 0.520. The standard InChI is InChI=1S/C18H17ClN2/c1-4-13-8-9-16-15(10-13)17(19)21-18(20-16)14-7-5-6-11(2)12(14)3/h5-10H,4H2,1-3H3. The molecule has 1 heterocycles. The van der Waals surface area contributed by atoms with E-state index in [0.29, 0.717) is 11.0 Å². The van der Waals surface area contributed by atoms with Crippen molar-refractivity contribution in [3.8, 4) is 11.4 Å². The van der Waals surface area contributed by atoms with Crippen LogP contribution in [0.4, 0.5) is 0 Å². The fraction of sp³-hybridized carbons (Fsp3) is 0.222. The molecule has 0 saturated carbocycles. The Labute approximate surface area is 129 Å². The van der Waals surface area contributed by atoms with E-state index < -0.39 is 0 Å². The Bertz CT molecular complexity index is 825. The van der Waals surface area contributed by atoms with Crippen LogP contribution in [-0.4, -0.2) is 9.97 Å². The molecule has 0 unspecified atom stereocenters. The van der Waals surface area contributed by atoms with Crippen LogP contribution in [0.5, 0.6) is 0 Å². The van der Waals surface area contributed by atoms with Crippen LogP contribution < -0.4 is 0 Å². The molecule has 3 heteroatoms. The largest absolute Gasteiger partial charge is 0.228 e. The normalized spacial score (nSPS) is 11.0. The molecule has 2 nitrogen and oxygen atoms in total. The van der Waals surface area contributed by atoms with Gasteiger partial charge in [0.25, 0.3) is 0 Å². The van der Waals surface area contributed by atoms with Gasteiger partial charge in [-0.1, -0.05) is 42.8 Å². The second-order valence-corrected chi connectivity index (χ2v) is 5.65. The van der Waals surface area contributed by atoms with Crippen LogP contribution in [0.1, 0.15) is 23.6 Å². The lowest BCUT2D eigenvalue weighted by Gasteiger charge is -2.09. The molecule has 2 aromatic carbocycles. The number of hydrogen-bond acceptors (Lipinski definition) is 2. The zero-order valence-corrected chi connectivity index (χ0v) is 13.2. The van der Waals surface area contributed by atoms with E-state index in [-0.39, 0.29) is 0 Å². The van der Waals surface area contributed by atoms with Gasteiger partial charge in [-0.05, 0) is 49.1 Å². The van der Waals surface area contributed by atoms with Gasteiger partial charge in [-0.15, -0.1) is 0 Å². The molecule has 0 spiro atoms. The lowest BCUT2D eigenvalue weighted by Crippen LogP contribution is -1.95. The summed E-state index contributed by atoms with van der Waals surface area (Å²) >= 11 is 6.38. The van der Waals surface area contributed by atoms with Crippen LogP contribution in [0.2, 0.25) is 5.15 Å². The zero-order chi connectivity index (χ0) is 15.0. The van der Waals surface area contributed by atoms with Crippen LogP contribution in [0.15, 0.2) is 36.4 Å². The lowest BCUT2D eigenvalue weighted by molar-refractivity contribution is 1.14. The maximum atomic E-state index is 6.38. The van der Waals surface area contributed by atoms with Crippen molar-refractivity contribution < 1.29 is 0 Å². The number of rotatable bonds is 2. The van der Waals surface area contributed by atoms with Gasteiger partial charge in [0, 0.05) is 10.9 Å². The Morgan fingerprint density at radius 3 is 2.62 bits per heavy atom. The maximum absolute atomic E-state index is 6.38. The number of aryl methyl sites for hydroxylation is 2. The van der Waals surface area contributed by atoms with E-state index in [9.17, 15) is 0 Å². The summed E-state index contributed by atoms with van der Waals surface area (Å²) in [5.41, 5.74) is 5.60. The first-order chi connectivity index (χ1) is 10.1. The van der Waals surface area contributed by atoms with Crippen LogP contribution >= 0.6 is 11.6 Å². The number of aromatic nitrogens is 2. The minimum absolute atomic E-state index is 0.520. The van der Waals surface area contributed by atoms with E-state index in [1.807, 2.05) is 18.2 Å². The highest BCUT2D eigenvalue weighted by Crippen LogP contribution is 2.28. The van der Waals surface area contributed by atoms with Gasteiger partial charge in [0.05, 0.1) is 5.52 Å². The fourth-order valence-electron chi connectivity index (χ4n) is 2.47. The Morgan fingerprint density at radius 1 is 1.05 bits per heavy atom. The van der Waals surface area contributed by atoms with Crippen molar-refractivity contribution in [1.82, 2.24) is 9.97 Å². The number of nitrogens with zero attached hydrogens (tertiary/aromatic N) is 2. The summed E-state index contributed by atoms with van der Waals surface area (Å²) in [4.78, 5) is 9.19. The molecule has 0 amide bonds. The van der Waals surface area contributed by atoms with Crippen molar-refractivity contribution in [2.75, 3.05) is 0 Å². The fourth-order valence-corrected chi connectivity index (χ4v) is 2.70. The van der Waals surface area contributed by atoms with E-state index in [0.717, 1.165) is 22.9 Å². The molecule has 3 aromatic rings. The Balaban J connectivity index is 2.23. The minimum Gasteiger partial charge on any atom is -0.228 e. The van der Waals surface area contributed by atoms with Gasteiger partial charge < -0.3 is 0 Å². The van der Waals surface area contributed by atoms with Crippen molar-refractivity contribution in [3.05, 3.63) is 58.2 Å². The molecule has 3 rings (SSSR count). The highest BCUT2D eigenvalue weighted by atomic mass is 35.5. The van der Waals surface area contributed by atoms with Gasteiger partial charge in [0.1, 0.15) is 5.15 Å². The second-order valence-electron chi connectivity index (χ2n) is 5.29. The molecular weight excluding hydrogens is 280 g/mol. The molecule has 0 aliphatic heterocycles. The van der Waals surface area contributed by atoms with Gasteiger partial charge in [0.2, 0.25) is 0 Å². The molecule has 0 N–H and O–H groups in total. The van der Waals surface area contributed by atoms with Crippen LogP contribution in [0.25, 0.3) is 22.3 Å². The topological polar surface area (TPSA) is 25.8 Å². The van der Waals surface area contributed by atoms with Crippen molar-refractivity contribution >= 4 is 22.5 Å². The maximum Gasteiger partial charge on any atom is 0.161 e. The van der Waals surface area contributed by atoms with Crippen LogP contribution in [-0.2, 0) is 6.42 Å². The van der Waals surface area contributed by atoms with E-state index in [1.54, 1.807) is 0 Å². The summed E-state index contributed by atoms with van der Waals surface area (Å²) < 4.78 is 0. The average molecular weight is 297 g/mol. The highest BCUT2D eigenvalue weighted by molar-refractivity contribution is 6.34. The Kier molecular flexibility index (Phi) is 3.64. The van der Waals surface area contributed by atoms with Crippen molar-refractivity contribution in [2.24, 2.45) is 0 Å². The first kappa shape index (κ1) is 14.0. The van der Waals surface area contributed by atoms with Crippen molar-refractivity contribution in [3.63, 3.8) is 0 Å². The summed E-state index contributed by atoms with van der Waals surface area (Å²) in [5, 5.41) is 1.44. The molecule has 0 atom stereocenters. The number of fused-ring (bicyclic) bond motifs is 1. The summed E-state index contributed by atoms with van der Waals surface area (Å²) in [6.45, 7) is 6.31. The molecule has 21 heavy (non-hydrogen) atoms. The van der Waals surface area contributed by atoms with Gasteiger partial charge in [-0.3, -0.25) is 0 Å². The van der Waals surface area contributed by atoms with Crippen LogP contribution in [0.3, 0.4) is 0 Å². The summed E-state index contributed by atoms with van der Waals surface area (Å²) in [5.74, 6) is 0.693. The smallest absolute Gasteiger partial charge is 0.161 e. The first-order valence-corrected chi connectivity index (χ1v) is 7.50. The second kappa shape index (κ2) is 5.45. The molecular formula is C18H17ClN2. The van der Waals surface area contributed by atoms with E-state index in [1.165, 1.54) is 16.7 Å². The Hall–Kier alpha value is -1.93. The van der Waals surface area contributed by atoms with Gasteiger partial charge in [-0.2, -0.15) is 0 Å². The molecule has 0 aliphatic carbocycles. The summed E-state index contributed by atoms with van der Waals surface area (Å²) in [6, 6.07) is 12.4. The molecule has 106 valence electrons. The van der Waals surface area contributed by atoms with E-state index >= 15 is 0 Å². The van der Waals surface area contributed by atoms with Crippen molar-refractivity contribution in [1.29, 1.82) is 0 Å². The van der Waals surface area contributed by atoms with Crippen LogP contribution in [0, 0.1) is 13.8 Å². The Morgan fingerprint density at radius 2 is 1.86 bits per heavy atom. The monoisotopic (exact) mass is 296 g/mol. The average Bonchev–Trinajstić information content (AvgIpc) is 2.49. The van der Waals surface area contributed by atoms with E-state index in [2.05, 4.69) is 48.9 Å². The van der Waals surface area contributed by atoms with Gasteiger partial charge in [-0.25, -0.2) is 9.97 Å². The third kappa shape index (κ3) is 2.52. The number of hydrogen-bond donors (Lipinski definition) is 0. The predicted molar refractivity (Wildman–Crippen MR) is 88.8 cm³/mol. The first-order valence-electron chi connectivity index (χ1n) is 7.13. The number of benzene rings is 2. The molecule has 0 saturated heterocycles.